The number of aromatic nitrogens is 2. The van der Waals surface area contributed by atoms with Gasteiger partial charge in [-0.3, -0.25) is 4.79 Å². The molecule has 0 atom stereocenters. The summed E-state index contributed by atoms with van der Waals surface area (Å²) in [4.78, 5) is 12.3. The first-order chi connectivity index (χ1) is 10.5. The van der Waals surface area contributed by atoms with Crippen molar-refractivity contribution < 1.29 is 9.53 Å². The van der Waals surface area contributed by atoms with Crippen LogP contribution < -0.4 is 10.1 Å². The van der Waals surface area contributed by atoms with Crippen LogP contribution in [0.5, 0.6) is 5.75 Å². The fourth-order valence-corrected chi connectivity index (χ4v) is 2.17. The Balaban J connectivity index is 2.09. The van der Waals surface area contributed by atoms with Crippen LogP contribution in [0.4, 0.5) is 5.82 Å². The number of rotatable bonds is 6. The highest BCUT2D eigenvalue weighted by Crippen LogP contribution is 2.16. The topological polar surface area (TPSA) is 56.2 Å². The van der Waals surface area contributed by atoms with E-state index in [1.165, 1.54) is 0 Å². The molecule has 5 heteroatoms. The standard InChI is InChI=1S/C17H23N3O2/c1-5-10-20-16(11-13(4)19-20)18-17(21)14-6-8-15(9-7-14)22-12(2)3/h6-9,11-12H,5,10H2,1-4H3,(H,18,21). The Morgan fingerprint density at radius 2 is 2.00 bits per heavy atom. The maximum absolute atomic E-state index is 12.3. The number of ether oxygens (including phenoxy) is 1. The summed E-state index contributed by atoms with van der Waals surface area (Å²) in [6.07, 6.45) is 1.08. The number of aryl methyl sites for hydroxylation is 2. The molecule has 0 aliphatic carbocycles. The van der Waals surface area contributed by atoms with Gasteiger partial charge in [-0.05, 0) is 51.5 Å². The lowest BCUT2D eigenvalue weighted by Crippen LogP contribution is -2.15. The maximum atomic E-state index is 12.3. The molecule has 2 rings (SSSR count). The first-order valence-corrected chi connectivity index (χ1v) is 7.62. The quantitative estimate of drug-likeness (QED) is 0.886. The molecule has 0 aliphatic heterocycles. The van der Waals surface area contributed by atoms with Crippen LogP contribution in [-0.2, 0) is 6.54 Å². The van der Waals surface area contributed by atoms with Crippen molar-refractivity contribution in [2.45, 2.75) is 46.8 Å². The van der Waals surface area contributed by atoms with E-state index in [0.29, 0.717) is 5.56 Å². The first kappa shape index (κ1) is 16.1. The molecule has 0 aliphatic rings. The second kappa shape index (κ2) is 7.11. The monoisotopic (exact) mass is 301 g/mol. The van der Waals surface area contributed by atoms with Crippen LogP contribution in [0.2, 0.25) is 0 Å². The summed E-state index contributed by atoms with van der Waals surface area (Å²) < 4.78 is 7.40. The van der Waals surface area contributed by atoms with Gasteiger partial charge in [0.2, 0.25) is 0 Å². The number of nitrogens with zero attached hydrogens (tertiary/aromatic N) is 2. The minimum absolute atomic E-state index is 0.117. The van der Waals surface area contributed by atoms with Crippen LogP contribution in [-0.4, -0.2) is 21.8 Å². The third-order valence-electron chi connectivity index (χ3n) is 3.07. The lowest BCUT2D eigenvalue weighted by Gasteiger charge is -2.11. The minimum Gasteiger partial charge on any atom is -0.491 e. The Morgan fingerprint density at radius 1 is 1.32 bits per heavy atom. The number of anilines is 1. The van der Waals surface area contributed by atoms with E-state index in [1.807, 2.05) is 43.7 Å². The maximum Gasteiger partial charge on any atom is 0.256 e. The Labute approximate surface area is 131 Å². The van der Waals surface area contributed by atoms with Gasteiger partial charge in [-0.15, -0.1) is 0 Å². The highest BCUT2D eigenvalue weighted by atomic mass is 16.5. The molecular formula is C17H23N3O2. The second-order valence-corrected chi connectivity index (χ2v) is 5.54. The third kappa shape index (κ3) is 4.10. The van der Waals surface area contributed by atoms with Crippen LogP contribution in [0, 0.1) is 6.92 Å². The molecular weight excluding hydrogens is 278 g/mol. The lowest BCUT2D eigenvalue weighted by molar-refractivity contribution is 0.102. The Kier molecular flexibility index (Phi) is 5.20. The van der Waals surface area contributed by atoms with Crippen molar-refractivity contribution in [3.05, 3.63) is 41.6 Å². The van der Waals surface area contributed by atoms with Crippen LogP contribution in [0.1, 0.15) is 43.2 Å². The van der Waals surface area contributed by atoms with Crippen LogP contribution in [0.3, 0.4) is 0 Å². The van der Waals surface area contributed by atoms with Gasteiger partial charge < -0.3 is 10.1 Å². The van der Waals surface area contributed by atoms with E-state index < -0.39 is 0 Å². The predicted octanol–water partition coefficient (Wildman–Crippen LogP) is 3.64. The van der Waals surface area contributed by atoms with E-state index in [1.54, 1.807) is 12.1 Å². The Morgan fingerprint density at radius 3 is 2.59 bits per heavy atom. The zero-order chi connectivity index (χ0) is 16.1. The molecule has 2 aromatic rings. The summed E-state index contributed by atoms with van der Waals surface area (Å²) in [5.41, 5.74) is 1.49. The first-order valence-electron chi connectivity index (χ1n) is 7.62. The van der Waals surface area contributed by atoms with Gasteiger partial charge in [-0.25, -0.2) is 4.68 Å². The summed E-state index contributed by atoms with van der Waals surface area (Å²) >= 11 is 0. The number of nitrogens with one attached hydrogen (secondary N) is 1. The van der Waals surface area contributed by atoms with Crippen molar-refractivity contribution in [2.75, 3.05) is 5.32 Å². The molecule has 0 bridgehead atoms. The van der Waals surface area contributed by atoms with E-state index >= 15 is 0 Å². The smallest absolute Gasteiger partial charge is 0.256 e. The number of benzene rings is 1. The molecule has 0 saturated carbocycles. The van der Waals surface area contributed by atoms with Crippen LogP contribution in [0.15, 0.2) is 30.3 Å². The largest absolute Gasteiger partial charge is 0.491 e. The van der Waals surface area contributed by atoms with Crippen LogP contribution in [0.25, 0.3) is 0 Å². The van der Waals surface area contributed by atoms with Gasteiger partial charge in [0.25, 0.3) is 5.91 Å². The summed E-state index contributed by atoms with van der Waals surface area (Å²) in [5.74, 6) is 1.35. The fourth-order valence-electron chi connectivity index (χ4n) is 2.17. The van der Waals surface area contributed by atoms with Crippen LogP contribution >= 0.6 is 0 Å². The predicted molar refractivity (Wildman–Crippen MR) is 87.4 cm³/mol. The molecule has 22 heavy (non-hydrogen) atoms. The molecule has 1 heterocycles. The van der Waals surface area contributed by atoms with Gasteiger partial charge in [0.05, 0.1) is 11.8 Å². The molecule has 0 unspecified atom stereocenters. The number of carbonyl (C=O) groups excluding carboxylic acids is 1. The van der Waals surface area contributed by atoms with Crippen molar-refractivity contribution in [3.8, 4) is 5.75 Å². The van der Waals surface area contributed by atoms with Gasteiger partial charge in [0.15, 0.2) is 0 Å². The minimum atomic E-state index is -0.145. The van der Waals surface area contributed by atoms with Gasteiger partial charge in [-0.2, -0.15) is 5.10 Å². The summed E-state index contributed by atoms with van der Waals surface area (Å²) in [6.45, 7) is 8.72. The molecule has 0 fully saturated rings. The zero-order valence-electron chi connectivity index (χ0n) is 13.6. The fraction of sp³-hybridized carbons (Fsp3) is 0.412. The van der Waals surface area contributed by atoms with Crippen molar-refractivity contribution >= 4 is 11.7 Å². The highest BCUT2D eigenvalue weighted by Gasteiger charge is 2.11. The Bertz CT molecular complexity index is 630. The van der Waals surface area contributed by atoms with E-state index in [9.17, 15) is 4.79 Å². The molecule has 1 amide bonds. The second-order valence-electron chi connectivity index (χ2n) is 5.54. The average molecular weight is 301 g/mol. The number of amides is 1. The van der Waals surface area contributed by atoms with Crippen molar-refractivity contribution in [2.24, 2.45) is 0 Å². The molecule has 0 radical (unpaired) electrons. The number of carbonyl (C=O) groups is 1. The van der Waals surface area contributed by atoms with Crippen molar-refractivity contribution in [1.29, 1.82) is 0 Å². The molecule has 1 aromatic heterocycles. The Hall–Kier alpha value is -2.30. The highest BCUT2D eigenvalue weighted by molar-refractivity contribution is 6.03. The molecule has 0 saturated heterocycles. The van der Waals surface area contributed by atoms with E-state index in [4.69, 9.17) is 4.74 Å². The summed E-state index contributed by atoms with van der Waals surface area (Å²) in [5, 5.41) is 7.29. The normalized spacial score (nSPS) is 10.8. The van der Waals surface area contributed by atoms with Gasteiger partial charge >= 0.3 is 0 Å². The van der Waals surface area contributed by atoms with E-state index in [0.717, 1.165) is 30.2 Å². The molecule has 1 N–H and O–H groups in total. The summed E-state index contributed by atoms with van der Waals surface area (Å²) in [7, 11) is 0. The van der Waals surface area contributed by atoms with E-state index in [2.05, 4.69) is 17.3 Å². The number of hydrogen-bond acceptors (Lipinski definition) is 3. The van der Waals surface area contributed by atoms with Gasteiger partial charge in [0.1, 0.15) is 11.6 Å². The molecule has 5 nitrogen and oxygen atoms in total. The third-order valence-corrected chi connectivity index (χ3v) is 3.07. The lowest BCUT2D eigenvalue weighted by atomic mass is 10.2. The SMILES string of the molecule is CCCn1nc(C)cc1NC(=O)c1ccc(OC(C)C)cc1. The molecule has 1 aromatic carbocycles. The van der Waals surface area contributed by atoms with Gasteiger partial charge in [0, 0.05) is 18.2 Å². The zero-order valence-corrected chi connectivity index (χ0v) is 13.6. The van der Waals surface area contributed by atoms with E-state index in [-0.39, 0.29) is 12.0 Å². The van der Waals surface area contributed by atoms with Gasteiger partial charge in [-0.1, -0.05) is 6.92 Å². The average Bonchev–Trinajstić information content (AvgIpc) is 2.79. The molecule has 0 spiro atoms. The van der Waals surface area contributed by atoms with Crippen molar-refractivity contribution in [1.82, 2.24) is 9.78 Å². The molecule has 118 valence electrons. The summed E-state index contributed by atoms with van der Waals surface area (Å²) in [6, 6.07) is 9.03. The number of hydrogen-bond donors (Lipinski definition) is 1. The van der Waals surface area contributed by atoms with Crippen molar-refractivity contribution in [3.63, 3.8) is 0 Å².